The van der Waals surface area contributed by atoms with Crippen LogP contribution in [0.1, 0.15) is 5.69 Å². The number of piperazine rings is 1. The molecule has 1 aliphatic rings. The van der Waals surface area contributed by atoms with E-state index in [0.717, 1.165) is 37.6 Å². The first-order valence-corrected chi connectivity index (χ1v) is 7.76. The van der Waals surface area contributed by atoms with Gasteiger partial charge in [-0.25, -0.2) is 9.97 Å². The number of halogens is 1. The Morgan fingerprint density at radius 1 is 1.17 bits per heavy atom. The zero-order valence-corrected chi connectivity index (χ0v) is 13.6. The smallest absolute Gasteiger partial charge is 0.183 e. The van der Waals surface area contributed by atoms with Gasteiger partial charge in [-0.05, 0) is 25.2 Å². The zero-order valence-electron chi connectivity index (χ0n) is 12.8. The quantitative estimate of drug-likeness (QED) is 0.933. The Morgan fingerprint density at radius 2 is 1.91 bits per heavy atom. The largest absolute Gasteiger partial charge is 0.368 e. The molecule has 0 spiro atoms. The summed E-state index contributed by atoms with van der Waals surface area (Å²) in [5.41, 5.74) is 2.07. The van der Waals surface area contributed by atoms with Gasteiger partial charge in [-0.2, -0.15) is 5.26 Å². The molecule has 23 heavy (non-hydrogen) atoms. The van der Waals surface area contributed by atoms with E-state index in [1.165, 1.54) is 6.20 Å². The van der Waals surface area contributed by atoms with E-state index in [-0.39, 0.29) is 5.69 Å². The highest BCUT2D eigenvalue weighted by molar-refractivity contribution is 6.33. The van der Waals surface area contributed by atoms with Crippen molar-refractivity contribution in [2.75, 3.05) is 43.4 Å². The molecule has 3 rings (SSSR count). The lowest BCUT2D eigenvalue weighted by Gasteiger charge is -2.34. The van der Waals surface area contributed by atoms with Crippen LogP contribution in [0.5, 0.6) is 0 Å². The van der Waals surface area contributed by atoms with Crippen LogP contribution in [-0.4, -0.2) is 48.1 Å². The maximum absolute atomic E-state index is 9.06. The van der Waals surface area contributed by atoms with Crippen LogP contribution in [0.3, 0.4) is 0 Å². The minimum absolute atomic E-state index is 0.256. The molecule has 0 amide bonds. The number of nitrogens with one attached hydrogen (secondary N) is 1. The summed E-state index contributed by atoms with van der Waals surface area (Å²) < 4.78 is 0. The SMILES string of the molecule is CN1CCN(c2ccc(Nc3nccnc3C#N)cc2Cl)CC1. The van der Waals surface area contributed by atoms with Crippen LogP contribution in [0.15, 0.2) is 30.6 Å². The van der Waals surface area contributed by atoms with Crippen LogP contribution in [-0.2, 0) is 0 Å². The molecule has 1 saturated heterocycles. The van der Waals surface area contributed by atoms with E-state index in [1.807, 2.05) is 24.3 Å². The van der Waals surface area contributed by atoms with Crippen molar-refractivity contribution >= 4 is 28.8 Å². The number of anilines is 3. The monoisotopic (exact) mass is 328 g/mol. The van der Waals surface area contributed by atoms with Crippen molar-refractivity contribution in [2.24, 2.45) is 0 Å². The number of rotatable bonds is 3. The lowest BCUT2D eigenvalue weighted by atomic mass is 10.2. The molecular weight excluding hydrogens is 312 g/mol. The summed E-state index contributed by atoms with van der Waals surface area (Å²) in [6, 6.07) is 7.81. The summed E-state index contributed by atoms with van der Waals surface area (Å²) in [5.74, 6) is 0.429. The van der Waals surface area contributed by atoms with Gasteiger partial charge in [-0.3, -0.25) is 0 Å². The van der Waals surface area contributed by atoms with Crippen LogP contribution in [0.2, 0.25) is 5.02 Å². The molecule has 0 atom stereocenters. The molecule has 7 heteroatoms. The molecule has 1 aromatic heterocycles. The van der Waals surface area contributed by atoms with Crippen LogP contribution in [0.4, 0.5) is 17.2 Å². The van der Waals surface area contributed by atoms with Gasteiger partial charge in [0, 0.05) is 44.3 Å². The number of hydrogen-bond donors (Lipinski definition) is 1. The van der Waals surface area contributed by atoms with Gasteiger partial charge in [0.05, 0.1) is 10.7 Å². The van der Waals surface area contributed by atoms with Gasteiger partial charge < -0.3 is 15.1 Å². The number of hydrogen-bond acceptors (Lipinski definition) is 6. The highest BCUT2D eigenvalue weighted by Crippen LogP contribution is 2.30. The molecule has 1 aromatic carbocycles. The van der Waals surface area contributed by atoms with Crippen molar-refractivity contribution in [2.45, 2.75) is 0 Å². The second-order valence-corrected chi connectivity index (χ2v) is 5.85. The van der Waals surface area contributed by atoms with Crippen molar-refractivity contribution < 1.29 is 0 Å². The predicted molar refractivity (Wildman–Crippen MR) is 91.2 cm³/mol. The Labute approximate surface area is 140 Å². The lowest BCUT2D eigenvalue weighted by molar-refractivity contribution is 0.313. The molecule has 2 aromatic rings. The van der Waals surface area contributed by atoms with Crippen molar-refractivity contribution in [3.8, 4) is 6.07 Å². The molecule has 0 unspecified atom stereocenters. The lowest BCUT2D eigenvalue weighted by Crippen LogP contribution is -2.44. The number of nitrogens with zero attached hydrogens (tertiary/aromatic N) is 5. The summed E-state index contributed by atoms with van der Waals surface area (Å²) in [4.78, 5) is 12.7. The third kappa shape index (κ3) is 3.52. The van der Waals surface area contributed by atoms with E-state index in [2.05, 4.69) is 32.1 Å². The Hall–Kier alpha value is -2.36. The number of aromatic nitrogens is 2. The molecule has 6 nitrogen and oxygen atoms in total. The molecule has 1 fully saturated rings. The Kier molecular flexibility index (Phi) is 4.60. The van der Waals surface area contributed by atoms with Gasteiger partial charge in [-0.15, -0.1) is 0 Å². The first-order valence-electron chi connectivity index (χ1n) is 7.38. The predicted octanol–water partition coefficient (Wildman–Crippen LogP) is 2.50. The minimum atomic E-state index is 0.256. The van der Waals surface area contributed by atoms with Crippen molar-refractivity contribution in [3.63, 3.8) is 0 Å². The van der Waals surface area contributed by atoms with Crippen LogP contribution in [0, 0.1) is 11.3 Å². The van der Waals surface area contributed by atoms with Gasteiger partial charge in [0.1, 0.15) is 6.07 Å². The van der Waals surface area contributed by atoms with E-state index in [4.69, 9.17) is 16.9 Å². The molecule has 118 valence electrons. The number of likely N-dealkylation sites (N-methyl/N-ethyl adjacent to an activating group) is 1. The van der Waals surface area contributed by atoms with Crippen molar-refractivity contribution in [1.82, 2.24) is 14.9 Å². The van der Waals surface area contributed by atoms with E-state index in [1.54, 1.807) is 6.20 Å². The standard InChI is InChI=1S/C16H17ClN6/c1-22-6-8-23(9-7-22)15-3-2-12(10-13(15)17)21-16-14(11-18)19-4-5-20-16/h2-5,10H,6-9H2,1H3,(H,20,21). The maximum Gasteiger partial charge on any atom is 0.183 e. The third-order valence-corrected chi connectivity index (χ3v) is 4.16. The molecule has 0 aliphatic carbocycles. The summed E-state index contributed by atoms with van der Waals surface area (Å²) in [5, 5.41) is 12.8. The Balaban J connectivity index is 1.78. The summed E-state index contributed by atoms with van der Waals surface area (Å²) in [7, 11) is 2.12. The molecule has 1 aliphatic heterocycles. The number of benzene rings is 1. The highest BCUT2D eigenvalue weighted by atomic mass is 35.5. The summed E-state index contributed by atoms with van der Waals surface area (Å²) in [6.07, 6.45) is 3.04. The van der Waals surface area contributed by atoms with Crippen LogP contribution >= 0.6 is 11.6 Å². The fraction of sp³-hybridized carbons (Fsp3) is 0.312. The van der Waals surface area contributed by atoms with Gasteiger partial charge in [0.25, 0.3) is 0 Å². The molecular formula is C16H17ClN6. The molecule has 0 saturated carbocycles. The van der Waals surface area contributed by atoms with Crippen LogP contribution in [0.25, 0.3) is 0 Å². The van der Waals surface area contributed by atoms with Crippen molar-refractivity contribution in [1.29, 1.82) is 5.26 Å². The summed E-state index contributed by atoms with van der Waals surface area (Å²) >= 11 is 6.44. The average molecular weight is 329 g/mol. The molecule has 2 heterocycles. The normalized spacial score (nSPS) is 15.3. The maximum atomic E-state index is 9.06. The Morgan fingerprint density at radius 3 is 2.61 bits per heavy atom. The third-order valence-electron chi connectivity index (χ3n) is 3.86. The highest BCUT2D eigenvalue weighted by Gasteiger charge is 2.17. The first-order chi connectivity index (χ1) is 11.2. The number of nitriles is 1. The fourth-order valence-corrected chi connectivity index (χ4v) is 2.84. The van der Waals surface area contributed by atoms with Crippen molar-refractivity contribution in [3.05, 3.63) is 41.3 Å². The average Bonchev–Trinajstić information content (AvgIpc) is 2.57. The summed E-state index contributed by atoms with van der Waals surface area (Å²) in [6.45, 7) is 3.99. The van der Waals surface area contributed by atoms with Gasteiger partial charge in [0.15, 0.2) is 11.5 Å². The first kappa shape index (κ1) is 15.5. The second kappa shape index (κ2) is 6.82. The topological polar surface area (TPSA) is 68.1 Å². The minimum Gasteiger partial charge on any atom is -0.368 e. The Bertz CT molecular complexity index is 734. The van der Waals surface area contributed by atoms with E-state index in [0.29, 0.717) is 10.8 Å². The van der Waals surface area contributed by atoms with E-state index >= 15 is 0 Å². The van der Waals surface area contributed by atoms with Gasteiger partial charge >= 0.3 is 0 Å². The van der Waals surface area contributed by atoms with Crippen LogP contribution < -0.4 is 10.2 Å². The van der Waals surface area contributed by atoms with E-state index < -0.39 is 0 Å². The molecule has 1 N–H and O–H groups in total. The van der Waals surface area contributed by atoms with Gasteiger partial charge in [-0.1, -0.05) is 11.6 Å². The van der Waals surface area contributed by atoms with E-state index in [9.17, 15) is 0 Å². The molecule has 0 bridgehead atoms. The second-order valence-electron chi connectivity index (χ2n) is 5.45. The fourth-order valence-electron chi connectivity index (χ4n) is 2.54. The van der Waals surface area contributed by atoms with Gasteiger partial charge in [0.2, 0.25) is 0 Å². The zero-order chi connectivity index (χ0) is 16.2. The molecule has 0 radical (unpaired) electrons.